The molecule has 1 aromatic carbocycles. The predicted molar refractivity (Wildman–Crippen MR) is 72.2 cm³/mol. The summed E-state index contributed by atoms with van der Waals surface area (Å²) in [6.07, 6.45) is 5.95. The van der Waals surface area contributed by atoms with Crippen LogP contribution >= 0.6 is 0 Å². The van der Waals surface area contributed by atoms with Gasteiger partial charge in [0.25, 0.3) is 0 Å². The van der Waals surface area contributed by atoms with E-state index in [0.717, 1.165) is 5.56 Å². The molecular weight excluding hydrogens is 228 g/mol. The lowest BCUT2D eigenvalue weighted by Gasteiger charge is -2.15. The first-order valence-electron chi connectivity index (χ1n) is 5.81. The second-order valence-electron chi connectivity index (χ2n) is 4.09. The summed E-state index contributed by atoms with van der Waals surface area (Å²) in [6, 6.07) is 7.17. The molecule has 0 fully saturated rings. The number of carbonyl (C=O) groups excluding carboxylic acids is 1. The summed E-state index contributed by atoms with van der Waals surface area (Å²) in [5, 5.41) is 11.5. The van der Waals surface area contributed by atoms with Crippen LogP contribution < -0.4 is 5.32 Å². The lowest BCUT2D eigenvalue weighted by molar-refractivity contribution is -0.117. The second kappa shape index (κ2) is 7.49. The Bertz CT molecular complexity index is 438. The van der Waals surface area contributed by atoms with E-state index in [0.29, 0.717) is 25.2 Å². The molecule has 0 aromatic heterocycles. The van der Waals surface area contributed by atoms with Crippen LogP contribution in [0, 0.1) is 12.3 Å². The van der Waals surface area contributed by atoms with Crippen molar-refractivity contribution in [2.75, 3.05) is 32.1 Å². The zero-order chi connectivity index (χ0) is 13.4. The van der Waals surface area contributed by atoms with Gasteiger partial charge in [0, 0.05) is 24.4 Å². The number of likely N-dealkylation sites (N-methyl/N-ethyl adjacent to an activating group) is 1. The van der Waals surface area contributed by atoms with Crippen molar-refractivity contribution in [1.82, 2.24) is 4.90 Å². The molecule has 0 heterocycles. The van der Waals surface area contributed by atoms with Crippen molar-refractivity contribution in [1.29, 1.82) is 0 Å². The number of amides is 1. The van der Waals surface area contributed by atoms with Gasteiger partial charge in [-0.3, -0.25) is 9.69 Å². The fourth-order valence-corrected chi connectivity index (χ4v) is 1.55. The fraction of sp³-hybridized carbons (Fsp3) is 0.357. The maximum Gasteiger partial charge on any atom is 0.238 e. The van der Waals surface area contributed by atoms with Crippen molar-refractivity contribution in [2.45, 2.75) is 6.42 Å². The number of benzene rings is 1. The van der Waals surface area contributed by atoms with Crippen LogP contribution in [0.1, 0.15) is 12.0 Å². The number of terminal acetylenes is 1. The summed E-state index contributed by atoms with van der Waals surface area (Å²) >= 11 is 0. The first-order chi connectivity index (χ1) is 8.65. The molecule has 0 unspecified atom stereocenters. The molecule has 0 aliphatic rings. The number of aliphatic hydroxyl groups excluding tert-OH is 1. The van der Waals surface area contributed by atoms with Crippen LogP contribution in [0.25, 0.3) is 0 Å². The molecule has 1 amide bonds. The first kappa shape index (κ1) is 14.2. The summed E-state index contributed by atoms with van der Waals surface area (Å²) in [4.78, 5) is 13.6. The Balaban J connectivity index is 2.46. The molecular formula is C14H18N2O2. The maximum atomic E-state index is 11.7. The summed E-state index contributed by atoms with van der Waals surface area (Å²) in [6.45, 7) is 1.12. The van der Waals surface area contributed by atoms with Gasteiger partial charge in [-0.05, 0) is 31.7 Å². The van der Waals surface area contributed by atoms with Crippen LogP contribution in [-0.4, -0.2) is 42.7 Å². The van der Waals surface area contributed by atoms with Gasteiger partial charge in [-0.25, -0.2) is 0 Å². The van der Waals surface area contributed by atoms with Crippen molar-refractivity contribution in [3.63, 3.8) is 0 Å². The molecule has 2 N–H and O–H groups in total. The molecule has 0 saturated carbocycles. The minimum Gasteiger partial charge on any atom is -0.396 e. The van der Waals surface area contributed by atoms with Crippen LogP contribution in [-0.2, 0) is 4.79 Å². The molecule has 0 radical (unpaired) electrons. The van der Waals surface area contributed by atoms with E-state index in [1.807, 2.05) is 18.0 Å². The monoisotopic (exact) mass is 246 g/mol. The van der Waals surface area contributed by atoms with Gasteiger partial charge in [0.05, 0.1) is 6.54 Å². The number of hydrogen-bond donors (Lipinski definition) is 2. The Morgan fingerprint density at radius 1 is 1.56 bits per heavy atom. The number of nitrogens with zero attached hydrogens (tertiary/aromatic N) is 1. The summed E-state index contributed by atoms with van der Waals surface area (Å²) in [5.74, 6) is 2.43. The highest BCUT2D eigenvalue weighted by Gasteiger charge is 2.06. The maximum absolute atomic E-state index is 11.7. The number of aliphatic hydroxyl groups is 1. The van der Waals surface area contributed by atoms with Crippen LogP contribution in [0.15, 0.2) is 24.3 Å². The molecule has 18 heavy (non-hydrogen) atoms. The predicted octanol–water partition coefficient (Wildman–Crippen LogP) is 0.921. The van der Waals surface area contributed by atoms with Gasteiger partial charge in [-0.2, -0.15) is 0 Å². The van der Waals surface area contributed by atoms with Crippen molar-refractivity contribution in [2.24, 2.45) is 0 Å². The van der Waals surface area contributed by atoms with E-state index in [1.54, 1.807) is 18.2 Å². The second-order valence-corrected chi connectivity index (χ2v) is 4.09. The van der Waals surface area contributed by atoms with Crippen molar-refractivity contribution < 1.29 is 9.90 Å². The van der Waals surface area contributed by atoms with E-state index < -0.39 is 0 Å². The minimum absolute atomic E-state index is 0.0930. The summed E-state index contributed by atoms with van der Waals surface area (Å²) in [7, 11) is 1.84. The number of carbonyl (C=O) groups is 1. The smallest absolute Gasteiger partial charge is 0.238 e. The normalized spacial score (nSPS) is 10.1. The number of rotatable bonds is 6. The summed E-state index contributed by atoms with van der Waals surface area (Å²) < 4.78 is 0. The Morgan fingerprint density at radius 3 is 3.00 bits per heavy atom. The van der Waals surface area contributed by atoms with E-state index in [2.05, 4.69) is 11.2 Å². The average Bonchev–Trinajstić information content (AvgIpc) is 2.36. The first-order valence-corrected chi connectivity index (χ1v) is 5.81. The SMILES string of the molecule is C#Cc1cccc(NC(=O)CN(C)CCCO)c1. The lowest BCUT2D eigenvalue weighted by atomic mass is 10.2. The lowest BCUT2D eigenvalue weighted by Crippen LogP contribution is -2.31. The van der Waals surface area contributed by atoms with E-state index >= 15 is 0 Å². The highest BCUT2D eigenvalue weighted by atomic mass is 16.3. The number of nitrogens with one attached hydrogen (secondary N) is 1. The molecule has 4 heteroatoms. The molecule has 0 bridgehead atoms. The van der Waals surface area contributed by atoms with Gasteiger partial charge in [0.2, 0.25) is 5.91 Å². The minimum atomic E-state index is -0.0930. The molecule has 0 aliphatic heterocycles. The van der Waals surface area contributed by atoms with Gasteiger partial charge in [-0.1, -0.05) is 12.0 Å². The Labute approximate surface area is 108 Å². The van der Waals surface area contributed by atoms with E-state index in [9.17, 15) is 4.79 Å². The molecule has 0 atom stereocenters. The number of hydrogen-bond acceptors (Lipinski definition) is 3. The molecule has 96 valence electrons. The van der Waals surface area contributed by atoms with Crippen molar-refractivity contribution >= 4 is 11.6 Å². The molecule has 0 spiro atoms. The number of anilines is 1. The third-order valence-corrected chi connectivity index (χ3v) is 2.42. The van der Waals surface area contributed by atoms with Crippen molar-refractivity contribution in [3.05, 3.63) is 29.8 Å². The van der Waals surface area contributed by atoms with Gasteiger partial charge < -0.3 is 10.4 Å². The van der Waals surface area contributed by atoms with Gasteiger partial charge >= 0.3 is 0 Å². The molecule has 0 aliphatic carbocycles. The van der Waals surface area contributed by atoms with E-state index in [1.165, 1.54) is 0 Å². The van der Waals surface area contributed by atoms with Crippen LogP contribution in [0.2, 0.25) is 0 Å². The third-order valence-electron chi connectivity index (χ3n) is 2.42. The molecule has 1 rings (SSSR count). The molecule has 0 saturated heterocycles. The van der Waals surface area contributed by atoms with E-state index in [4.69, 9.17) is 11.5 Å². The topological polar surface area (TPSA) is 52.6 Å². The van der Waals surface area contributed by atoms with Crippen molar-refractivity contribution in [3.8, 4) is 12.3 Å². The van der Waals surface area contributed by atoms with E-state index in [-0.39, 0.29) is 12.5 Å². The molecule has 4 nitrogen and oxygen atoms in total. The standard InChI is InChI=1S/C14H18N2O2/c1-3-12-6-4-7-13(10-12)15-14(18)11-16(2)8-5-9-17/h1,4,6-7,10,17H,5,8-9,11H2,2H3,(H,15,18). The third kappa shape index (κ3) is 5.00. The highest BCUT2D eigenvalue weighted by molar-refractivity contribution is 5.92. The zero-order valence-corrected chi connectivity index (χ0v) is 10.5. The molecule has 1 aromatic rings. The van der Waals surface area contributed by atoms with Crippen LogP contribution in [0.4, 0.5) is 5.69 Å². The zero-order valence-electron chi connectivity index (χ0n) is 10.5. The van der Waals surface area contributed by atoms with Crippen LogP contribution in [0.3, 0.4) is 0 Å². The summed E-state index contributed by atoms with van der Waals surface area (Å²) in [5.41, 5.74) is 1.44. The highest BCUT2D eigenvalue weighted by Crippen LogP contribution is 2.09. The Morgan fingerprint density at radius 2 is 2.33 bits per heavy atom. The van der Waals surface area contributed by atoms with Gasteiger partial charge in [0.1, 0.15) is 0 Å². The Kier molecular flexibility index (Phi) is 5.92. The Hall–Kier alpha value is -1.83. The quantitative estimate of drug-likeness (QED) is 0.734. The average molecular weight is 246 g/mol. The largest absolute Gasteiger partial charge is 0.396 e. The van der Waals surface area contributed by atoms with Crippen LogP contribution in [0.5, 0.6) is 0 Å². The fourth-order valence-electron chi connectivity index (χ4n) is 1.55. The van der Waals surface area contributed by atoms with Gasteiger partial charge in [-0.15, -0.1) is 6.42 Å². The van der Waals surface area contributed by atoms with Gasteiger partial charge in [0.15, 0.2) is 0 Å².